The minimum atomic E-state index is -3.53. The zero-order chi connectivity index (χ0) is 14.1. The second kappa shape index (κ2) is 4.08. The van der Waals surface area contributed by atoms with Crippen LogP contribution in [-0.4, -0.2) is 19.6 Å². The molecule has 3 saturated carbocycles. The van der Waals surface area contributed by atoms with Crippen LogP contribution in [0.15, 0.2) is 15.4 Å². The first kappa shape index (κ1) is 12.9. The van der Waals surface area contributed by atoms with Gasteiger partial charge in [-0.05, 0) is 49.9 Å². The van der Waals surface area contributed by atoms with Crippen LogP contribution >= 0.6 is 0 Å². The molecule has 2 bridgehead atoms. The SMILES string of the molecule is Cc1oc(CO)cc1S(=O)(=O)NC1C2C3CCC(C3)C12. The summed E-state index contributed by atoms with van der Waals surface area (Å²) in [7, 11) is -3.53. The Bertz CT molecular complexity index is 634. The molecular formula is C14H19NO4S. The number of hydrogen-bond donors (Lipinski definition) is 2. The summed E-state index contributed by atoms with van der Waals surface area (Å²) in [4.78, 5) is 0.166. The van der Waals surface area contributed by atoms with E-state index in [0.717, 1.165) is 11.8 Å². The van der Waals surface area contributed by atoms with E-state index in [1.165, 1.54) is 25.3 Å². The zero-order valence-corrected chi connectivity index (χ0v) is 12.2. The molecule has 4 atom stereocenters. The lowest BCUT2D eigenvalue weighted by Crippen LogP contribution is -2.30. The molecule has 0 saturated heterocycles. The Morgan fingerprint density at radius 2 is 2.00 bits per heavy atom. The highest BCUT2D eigenvalue weighted by molar-refractivity contribution is 7.89. The van der Waals surface area contributed by atoms with Gasteiger partial charge in [0.15, 0.2) is 0 Å². The molecule has 1 heterocycles. The maximum Gasteiger partial charge on any atom is 0.244 e. The highest BCUT2D eigenvalue weighted by atomic mass is 32.2. The Kier molecular flexibility index (Phi) is 2.63. The normalized spacial score (nSPS) is 38.2. The van der Waals surface area contributed by atoms with Crippen LogP contribution in [0.5, 0.6) is 0 Å². The Balaban J connectivity index is 1.55. The van der Waals surface area contributed by atoms with Crippen LogP contribution in [0.4, 0.5) is 0 Å². The molecule has 1 aromatic heterocycles. The Morgan fingerprint density at radius 3 is 2.55 bits per heavy atom. The Morgan fingerprint density at radius 1 is 1.35 bits per heavy atom. The number of aliphatic hydroxyl groups is 1. The number of aryl methyl sites for hydroxylation is 1. The summed E-state index contributed by atoms with van der Waals surface area (Å²) in [6.45, 7) is 1.33. The van der Waals surface area contributed by atoms with Crippen LogP contribution in [0, 0.1) is 30.6 Å². The molecule has 5 nitrogen and oxygen atoms in total. The molecule has 4 unspecified atom stereocenters. The molecule has 0 amide bonds. The number of aliphatic hydroxyl groups excluding tert-OH is 1. The van der Waals surface area contributed by atoms with E-state index in [9.17, 15) is 8.42 Å². The van der Waals surface area contributed by atoms with Crippen molar-refractivity contribution in [2.24, 2.45) is 23.7 Å². The van der Waals surface area contributed by atoms with Crippen LogP contribution < -0.4 is 4.72 Å². The van der Waals surface area contributed by atoms with E-state index in [4.69, 9.17) is 9.52 Å². The standard InChI is InChI=1S/C14H19NO4S/c1-7-11(5-10(6-16)19-7)20(17,18)15-14-12-8-2-3-9(4-8)13(12)14/h5,8-9,12-16H,2-4,6H2,1H3. The molecule has 3 aliphatic carbocycles. The van der Waals surface area contributed by atoms with E-state index >= 15 is 0 Å². The van der Waals surface area contributed by atoms with Gasteiger partial charge in [-0.1, -0.05) is 0 Å². The lowest BCUT2D eigenvalue weighted by Gasteiger charge is -2.10. The highest BCUT2D eigenvalue weighted by Crippen LogP contribution is 2.65. The first-order valence-electron chi connectivity index (χ1n) is 7.24. The molecule has 110 valence electrons. The highest BCUT2D eigenvalue weighted by Gasteiger charge is 2.65. The van der Waals surface area contributed by atoms with E-state index in [2.05, 4.69) is 4.72 Å². The number of fused-ring (bicyclic) bond motifs is 5. The quantitative estimate of drug-likeness (QED) is 0.880. The maximum absolute atomic E-state index is 12.4. The molecule has 0 spiro atoms. The second-order valence-electron chi connectivity index (χ2n) is 6.43. The van der Waals surface area contributed by atoms with Gasteiger partial charge >= 0.3 is 0 Å². The maximum atomic E-state index is 12.4. The average molecular weight is 297 g/mol. The van der Waals surface area contributed by atoms with Gasteiger partial charge in [-0.2, -0.15) is 0 Å². The summed E-state index contributed by atoms with van der Waals surface area (Å²) < 4.78 is 33.0. The molecule has 0 radical (unpaired) electrons. The van der Waals surface area contributed by atoms with Gasteiger partial charge in [0, 0.05) is 12.1 Å². The molecule has 0 aliphatic heterocycles. The molecule has 1 aromatic rings. The largest absolute Gasteiger partial charge is 0.462 e. The fourth-order valence-corrected chi connectivity index (χ4v) is 6.10. The predicted octanol–water partition coefficient (Wildman–Crippen LogP) is 1.40. The molecule has 0 aromatic carbocycles. The molecule has 20 heavy (non-hydrogen) atoms. The van der Waals surface area contributed by atoms with Gasteiger partial charge in [-0.3, -0.25) is 0 Å². The first-order valence-corrected chi connectivity index (χ1v) is 8.72. The van der Waals surface area contributed by atoms with E-state index in [1.807, 2.05) is 0 Å². The van der Waals surface area contributed by atoms with Crippen molar-refractivity contribution in [1.29, 1.82) is 0 Å². The Hall–Kier alpha value is -0.850. The van der Waals surface area contributed by atoms with Crippen LogP contribution in [0.1, 0.15) is 30.8 Å². The predicted molar refractivity (Wildman–Crippen MR) is 71.3 cm³/mol. The van der Waals surface area contributed by atoms with E-state index in [0.29, 0.717) is 23.4 Å². The van der Waals surface area contributed by atoms with Crippen LogP contribution in [-0.2, 0) is 16.6 Å². The summed E-state index contributed by atoms with van der Waals surface area (Å²) >= 11 is 0. The van der Waals surface area contributed by atoms with Crippen LogP contribution in [0.2, 0.25) is 0 Å². The minimum Gasteiger partial charge on any atom is -0.462 e. The second-order valence-corrected chi connectivity index (χ2v) is 8.11. The van der Waals surface area contributed by atoms with Crippen molar-refractivity contribution in [3.05, 3.63) is 17.6 Å². The smallest absolute Gasteiger partial charge is 0.244 e. The van der Waals surface area contributed by atoms with Crippen LogP contribution in [0.3, 0.4) is 0 Å². The fourth-order valence-electron chi connectivity index (χ4n) is 4.59. The van der Waals surface area contributed by atoms with Crippen LogP contribution in [0.25, 0.3) is 0 Å². The summed E-state index contributed by atoms with van der Waals surface area (Å²) in [5.74, 6) is 3.22. The molecule has 6 heteroatoms. The topological polar surface area (TPSA) is 79.5 Å². The summed E-state index contributed by atoms with van der Waals surface area (Å²) in [5, 5.41) is 9.04. The number of furan rings is 1. The van der Waals surface area contributed by atoms with Gasteiger partial charge in [-0.15, -0.1) is 0 Å². The van der Waals surface area contributed by atoms with Gasteiger partial charge in [0.1, 0.15) is 23.0 Å². The fraction of sp³-hybridized carbons (Fsp3) is 0.714. The zero-order valence-electron chi connectivity index (χ0n) is 11.4. The van der Waals surface area contributed by atoms with Crippen molar-refractivity contribution in [3.8, 4) is 0 Å². The van der Waals surface area contributed by atoms with Gasteiger partial charge in [0.25, 0.3) is 0 Å². The van der Waals surface area contributed by atoms with E-state index in [1.54, 1.807) is 6.92 Å². The lowest BCUT2D eigenvalue weighted by atomic mass is 10.0. The molecule has 4 rings (SSSR count). The van der Waals surface area contributed by atoms with Gasteiger partial charge < -0.3 is 9.52 Å². The molecule has 3 aliphatic rings. The summed E-state index contributed by atoms with van der Waals surface area (Å²) in [6, 6.07) is 1.54. The first-order chi connectivity index (χ1) is 9.51. The van der Waals surface area contributed by atoms with Crippen molar-refractivity contribution in [2.75, 3.05) is 0 Å². The third-order valence-corrected chi connectivity index (χ3v) is 6.96. The number of nitrogens with one attached hydrogen (secondary N) is 1. The number of hydrogen-bond acceptors (Lipinski definition) is 4. The Labute approximate surface area is 118 Å². The summed E-state index contributed by atoms with van der Waals surface area (Å²) in [5.41, 5.74) is 0. The molecule has 2 N–H and O–H groups in total. The van der Waals surface area contributed by atoms with Crippen molar-refractivity contribution in [1.82, 2.24) is 4.72 Å². The molecular weight excluding hydrogens is 278 g/mol. The number of sulfonamides is 1. The lowest BCUT2D eigenvalue weighted by molar-refractivity contribution is 0.244. The minimum absolute atomic E-state index is 0.123. The molecule has 3 fully saturated rings. The third kappa shape index (κ3) is 1.71. The van der Waals surface area contributed by atoms with E-state index in [-0.39, 0.29) is 17.5 Å². The average Bonchev–Trinajstić information content (AvgIpc) is 2.81. The number of rotatable bonds is 4. The van der Waals surface area contributed by atoms with E-state index < -0.39 is 10.0 Å². The van der Waals surface area contributed by atoms with Gasteiger partial charge in [0.2, 0.25) is 10.0 Å². The monoisotopic (exact) mass is 297 g/mol. The van der Waals surface area contributed by atoms with Gasteiger partial charge in [0.05, 0.1) is 0 Å². The van der Waals surface area contributed by atoms with Crippen molar-refractivity contribution >= 4 is 10.0 Å². The van der Waals surface area contributed by atoms with Gasteiger partial charge in [-0.25, -0.2) is 13.1 Å². The van der Waals surface area contributed by atoms with Crippen molar-refractivity contribution in [3.63, 3.8) is 0 Å². The van der Waals surface area contributed by atoms with Crippen molar-refractivity contribution in [2.45, 2.75) is 43.7 Å². The third-order valence-electron chi connectivity index (χ3n) is 5.40. The van der Waals surface area contributed by atoms with Crippen molar-refractivity contribution < 1.29 is 17.9 Å². The summed E-state index contributed by atoms with van der Waals surface area (Å²) in [6.07, 6.45) is 3.83.